The van der Waals surface area contributed by atoms with Gasteiger partial charge in [0.1, 0.15) is 11.6 Å². The minimum absolute atomic E-state index is 0.0508. The average Bonchev–Trinajstić information content (AvgIpc) is 2.32. The first-order valence-corrected chi connectivity index (χ1v) is 4.90. The van der Waals surface area contributed by atoms with Crippen molar-refractivity contribution in [1.29, 1.82) is 0 Å². The Morgan fingerprint density at radius 1 is 1.35 bits per heavy atom. The van der Waals surface area contributed by atoms with Crippen LogP contribution in [0.4, 0.5) is 10.2 Å². The molecule has 5 heteroatoms. The zero-order chi connectivity index (χ0) is 12.4. The quantitative estimate of drug-likeness (QED) is 0.835. The Morgan fingerprint density at radius 3 is 2.76 bits per heavy atom. The topological polar surface area (TPSA) is 68.4 Å². The summed E-state index contributed by atoms with van der Waals surface area (Å²) in [4.78, 5) is 3.83. The third-order valence-electron chi connectivity index (χ3n) is 2.37. The van der Waals surface area contributed by atoms with E-state index in [9.17, 15) is 9.50 Å². The van der Waals surface area contributed by atoms with Crippen molar-refractivity contribution >= 4 is 5.82 Å². The molecule has 0 amide bonds. The first kappa shape index (κ1) is 11.2. The third kappa shape index (κ3) is 2.13. The van der Waals surface area contributed by atoms with Crippen LogP contribution in [-0.4, -0.2) is 17.2 Å². The van der Waals surface area contributed by atoms with E-state index in [1.54, 1.807) is 6.07 Å². The lowest BCUT2D eigenvalue weighted by Crippen LogP contribution is -1.93. The van der Waals surface area contributed by atoms with Gasteiger partial charge < -0.3 is 15.6 Å². The molecule has 88 valence electrons. The summed E-state index contributed by atoms with van der Waals surface area (Å²) in [6.45, 7) is 0. The highest BCUT2D eigenvalue weighted by Gasteiger charge is 2.09. The summed E-state index contributed by atoms with van der Waals surface area (Å²) in [6, 6.07) is 5.59. The van der Waals surface area contributed by atoms with Gasteiger partial charge in [0, 0.05) is 23.4 Å². The molecular weight excluding hydrogens is 223 g/mol. The van der Waals surface area contributed by atoms with E-state index in [0.29, 0.717) is 16.9 Å². The number of hydrogen-bond donors (Lipinski definition) is 2. The molecule has 0 aliphatic carbocycles. The molecule has 17 heavy (non-hydrogen) atoms. The van der Waals surface area contributed by atoms with Crippen LogP contribution in [0.3, 0.4) is 0 Å². The van der Waals surface area contributed by atoms with Crippen molar-refractivity contribution in [3.63, 3.8) is 0 Å². The average molecular weight is 234 g/mol. The maximum Gasteiger partial charge on any atom is 0.165 e. The maximum absolute atomic E-state index is 13.0. The number of aromatic hydroxyl groups is 1. The lowest BCUT2D eigenvalue weighted by atomic mass is 10.1. The standard InChI is InChI=1S/C12H11FN2O2/c1-17-11-5-8(13)2-3-9(11)7-4-10(16)12(14)15-6-7/h2-6,16H,1H3,(H2,14,15). The predicted octanol–water partition coefficient (Wildman–Crippen LogP) is 2.18. The highest BCUT2D eigenvalue weighted by molar-refractivity contribution is 5.72. The van der Waals surface area contributed by atoms with Gasteiger partial charge in [-0.1, -0.05) is 0 Å². The van der Waals surface area contributed by atoms with Crippen molar-refractivity contribution in [2.45, 2.75) is 0 Å². The first-order chi connectivity index (χ1) is 8.11. The zero-order valence-corrected chi connectivity index (χ0v) is 9.14. The molecule has 0 saturated carbocycles. The number of nitrogens with zero attached hydrogens (tertiary/aromatic N) is 1. The minimum Gasteiger partial charge on any atom is -0.504 e. The second kappa shape index (κ2) is 4.29. The Morgan fingerprint density at radius 2 is 2.12 bits per heavy atom. The number of ether oxygens (including phenoxy) is 1. The Kier molecular flexibility index (Phi) is 2.82. The molecule has 0 aliphatic heterocycles. The van der Waals surface area contributed by atoms with E-state index in [-0.39, 0.29) is 11.6 Å². The number of pyridine rings is 1. The van der Waals surface area contributed by atoms with Gasteiger partial charge in [0.05, 0.1) is 7.11 Å². The number of hydrogen-bond acceptors (Lipinski definition) is 4. The van der Waals surface area contributed by atoms with Gasteiger partial charge in [-0.25, -0.2) is 9.37 Å². The van der Waals surface area contributed by atoms with E-state index in [4.69, 9.17) is 10.5 Å². The summed E-state index contributed by atoms with van der Waals surface area (Å²) >= 11 is 0. The summed E-state index contributed by atoms with van der Waals surface area (Å²) in [7, 11) is 1.45. The van der Waals surface area contributed by atoms with Crippen LogP contribution in [0.25, 0.3) is 11.1 Å². The molecule has 0 atom stereocenters. The summed E-state index contributed by atoms with van der Waals surface area (Å²) in [5, 5.41) is 9.48. The van der Waals surface area contributed by atoms with E-state index in [0.717, 1.165) is 0 Å². The fourth-order valence-electron chi connectivity index (χ4n) is 1.51. The number of anilines is 1. The fraction of sp³-hybridized carbons (Fsp3) is 0.0833. The number of nitrogens with two attached hydrogens (primary N) is 1. The second-order valence-electron chi connectivity index (χ2n) is 3.47. The summed E-state index contributed by atoms with van der Waals surface area (Å²) in [6.07, 6.45) is 1.49. The van der Waals surface area contributed by atoms with E-state index >= 15 is 0 Å². The summed E-state index contributed by atoms with van der Waals surface area (Å²) in [5.41, 5.74) is 6.65. The second-order valence-corrected chi connectivity index (χ2v) is 3.47. The molecule has 2 aromatic rings. The Bertz CT molecular complexity index is 558. The number of rotatable bonds is 2. The normalized spacial score (nSPS) is 10.2. The van der Waals surface area contributed by atoms with E-state index in [1.807, 2.05) is 0 Å². The number of methoxy groups -OCH3 is 1. The van der Waals surface area contributed by atoms with Gasteiger partial charge in [-0.15, -0.1) is 0 Å². The first-order valence-electron chi connectivity index (χ1n) is 4.90. The van der Waals surface area contributed by atoms with Crippen LogP contribution in [-0.2, 0) is 0 Å². The van der Waals surface area contributed by atoms with Crippen LogP contribution in [0, 0.1) is 5.82 Å². The van der Waals surface area contributed by atoms with Crippen LogP contribution in [0.2, 0.25) is 0 Å². The van der Waals surface area contributed by atoms with Crippen molar-refractivity contribution in [2.24, 2.45) is 0 Å². The number of benzene rings is 1. The van der Waals surface area contributed by atoms with Crippen molar-refractivity contribution in [3.05, 3.63) is 36.3 Å². The molecule has 1 heterocycles. The molecule has 0 unspecified atom stereocenters. The van der Waals surface area contributed by atoms with E-state index in [2.05, 4.69) is 4.98 Å². The molecule has 0 saturated heterocycles. The fourth-order valence-corrected chi connectivity index (χ4v) is 1.51. The van der Waals surface area contributed by atoms with Gasteiger partial charge in [-0.3, -0.25) is 0 Å². The van der Waals surface area contributed by atoms with Gasteiger partial charge in [0.2, 0.25) is 0 Å². The molecule has 2 rings (SSSR count). The van der Waals surface area contributed by atoms with Crippen LogP contribution in [0.15, 0.2) is 30.5 Å². The third-order valence-corrected chi connectivity index (χ3v) is 2.37. The molecule has 0 spiro atoms. The van der Waals surface area contributed by atoms with Gasteiger partial charge in [0.25, 0.3) is 0 Å². The van der Waals surface area contributed by atoms with Crippen molar-refractivity contribution in [1.82, 2.24) is 4.98 Å². The van der Waals surface area contributed by atoms with E-state index < -0.39 is 5.82 Å². The van der Waals surface area contributed by atoms with Crippen LogP contribution in [0.5, 0.6) is 11.5 Å². The Labute approximate surface area is 97.5 Å². The number of nitrogen functional groups attached to an aromatic ring is 1. The Hall–Kier alpha value is -2.30. The Balaban J connectivity index is 2.55. The van der Waals surface area contributed by atoms with Gasteiger partial charge in [-0.2, -0.15) is 0 Å². The monoisotopic (exact) mass is 234 g/mol. The lowest BCUT2D eigenvalue weighted by Gasteiger charge is -2.09. The van der Waals surface area contributed by atoms with Gasteiger partial charge in [0.15, 0.2) is 11.6 Å². The van der Waals surface area contributed by atoms with Crippen LogP contribution < -0.4 is 10.5 Å². The lowest BCUT2D eigenvalue weighted by molar-refractivity contribution is 0.413. The van der Waals surface area contributed by atoms with Gasteiger partial charge in [-0.05, 0) is 18.2 Å². The highest BCUT2D eigenvalue weighted by atomic mass is 19.1. The maximum atomic E-state index is 13.0. The molecule has 1 aromatic carbocycles. The van der Waals surface area contributed by atoms with Crippen molar-refractivity contribution < 1.29 is 14.2 Å². The van der Waals surface area contributed by atoms with Crippen LogP contribution >= 0.6 is 0 Å². The molecule has 3 N–H and O–H groups in total. The molecular formula is C12H11FN2O2. The number of aromatic nitrogens is 1. The molecule has 0 aliphatic rings. The molecule has 0 radical (unpaired) electrons. The number of halogens is 1. The molecule has 0 fully saturated rings. The molecule has 1 aromatic heterocycles. The summed E-state index contributed by atoms with van der Waals surface area (Å²) in [5.74, 6) is -0.0853. The van der Waals surface area contributed by atoms with Crippen LogP contribution in [0.1, 0.15) is 0 Å². The minimum atomic E-state index is -0.391. The SMILES string of the molecule is COc1cc(F)ccc1-c1cnc(N)c(O)c1. The van der Waals surface area contributed by atoms with Gasteiger partial charge >= 0.3 is 0 Å². The molecule has 0 bridgehead atoms. The smallest absolute Gasteiger partial charge is 0.165 e. The van der Waals surface area contributed by atoms with E-state index in [1.165, 1.54) is 31.5 Å². The van der Waals surface area contributed by atoms with Crippen molar-refractivity contribution in [3.8, 4) is 22.6 Å². The highest BCUT2D eigenvalue weighted by Crippen LogP contribution is 2.32. The zero-order valence-electron chi connectivity index (χ0n) is 9.14. The van der Waals surface area contributed by atoms with Crippen molar-refractivity contribution in [2.75, 3.05) is 12.8 Å². The predicted molar refractivity (Wildman–Crippen MR) is 62.3 cm³/mol. The summed E-state index contributed by atoms with van der Waals surface area (Å²) < 4.78 is 18.1. The molecule has 4 nitrogen and oxygen atoms in total. The largest absolute Gasteiger partial charge is 0.504 e.